The van der Waals surface area contributed by atoms with Gasteiger partial charge in [0, 0.05) is 31.7 Å². The average Bonchev–Trinajstić information content (AvgIpc) is 2.89. The lowest BCUT2D eigenvalue weighted by Crippen LogP contribution is -2.47. The SMILES string of the molecule is Cn1nc(N)c2ccc([C@@H]3CCCN(CC4(O)CCCCC4)C3)nc21. The number of likely N-dealkylation sites (tertiary alicyclic amines) is 1. The van der Waals surface area contributed by atoms with Crippen LogP contribution in [0.15, 0.2) is 12.1 Å². The van der Waals surface area contributed by atoms with Crippen LogP contribution in [-0.2, 0) is 7.05 Å². The van der Waals surface area contributed by atoms with Crippen LogP contribution >= 0.6 is 0 Å². The molecule has 1 atom stereocenters. The Hall–Kier alpha value is -1.66. The molecule has 3 heterocycles. The fourth-order valence-electron chi connectivity index (χ4n) is 4.62. The second-order valence-corrected chi connectivity index (χ2v) is 7.98. The van der Waals surface area contributed by atoms with Gasteiger partial charge in [-0.1, -0.05) is 19.3 Å². The lowest BCUT2D eigenvalue weighted by molar-refractivity contribution is -0.0314. The third kappa shape index (κ3) is 3.37. The van der Waals surface area contributed by atoms with Gasteiger partial charge in [-0.25, -0.2) is 9.67 Å². The number of aromatic nitrogens is 3. The maximum atomic E-state index is 10.9. The molecule has 0 amide bonds. The van der Waals surface area contributed by atoms with Crippen molar-refractivity contribution < 1.29 is 5.11 Å². The summed E-state index contributed by atoms with van der Waals surface area (Å²) in [5, 5.41) is 16.1. The van der Waals surface area contributed by atoms with Crippen molar-refractivity contribution in [1.29, 1.82) is 0 Å². The summed E-state index contributed by atoms with van der Waals surface area (Å²) in [5.74, 6) is 0.961. The van der Waals surface area contributed by atoms with E-state index in [4.69, 9.17) is 10.7 Å². The van der Waals surface area contributed by atoms with Crippen molar-refractivity contribution in [3.05, 3.63) is 17.8 Å². The predicted molar refractivity (Wildman–Crippen MR) is 99.4 cm³/mol. The Morgan fingerprint density at radius 1 is 1.24 bits per heavy atom. The van der Waals surface area contributed by atoms with Crippen LogP contribution in [0.25, 0.3) is 11.0 Å². The Morgan fingerprint density at radius 3 is 2.84 bits per heavy atom. The van der Waals surface area contributed by atoms with Gasteiger partial charge in [0.25, 0.3) is 0 Å². The van der Waals surface area contributed by atoms with Gasteiger partial charge in [0.05, 0.1) is 11.0 Å². The summed E-state index contributed by atoms with van der Waals surface area (Å²) in [4.78, 5) is 7.30. The van der Waals surface area contributed by atoms with Gasteiger partial charge < -0.3 is 10.8 Å². The minimum absolute atomic E-state index is 0.418. The first-order valence-corrected chi connectivity index (χ1v) is 9.58. The zero-order valence-corrected chi connectivity index (χ0v) is 15.1. The number of hydrogen-bond acceptors (Lipinski definition) is 5. The first-order chi connectivity index (χ1) is 12.0. The molecule has 2 aromatic rings. The van der Waals surface area contributed by atoms with Crippen molar-refractivity contribution in [3.63, 3.8) is 0 Å². The van der Waals surface area contributed by atoms with Crippen LogP contribution in [0.3, 0.4) is 0 Å². The van der Waals surface area contributed by atoms with Crippen molar-refractivity contribution >= 4 is 16.9 Å². The molecule has 6 heteroatoms. The zero-order chi connectivity index (χ0) is 17.4. The number of aryl methyl sites for hydroxylation is 1. The number of anilines is 1. The zero-order valence-electron chi connectivity index (χ0n) is 15.1. The van der Waals surface area contributed by atoms with Crippen molar-refractivity contribution in [2.45, 2.75) is 56.5 Å². The van der Waals surface area contributed by atoms with Crippen molar-refractivity contribution in [2.75, 3.05) is 25.4 Å². The number of fused-ring (bicyclic) bond motifs is 1. The lowest BCUT2D eigenvalue weighted by Gasteiger charge is -2.40. The number of piperidine rings is 1. The van der Waals surface area contributed by atoms with E-state index in [1.54, 1.807) is 4.68 Å². The second-order valence-electron chi connectivity index (χ2n) is 7.98. The van der Waals surface area contributed by atoms with Crippen LogP contribution in [0.4, 0.5) is 5.82 Å². The molecule has 3 N–H and O–H groups in total. The van der Waals surface area contributed by atoms with Gasteiger partial charge in [-0.05, 0) is 44.4 Å². The van der Waals surface area contributed by atoms with E-state index in [1.807, 2.05) is 13.1 Å². The molecule has 2 aromatic heterocycles. The van der Waals surface area contributed by atoms with Crippen LogP contribution in [0.2, 0.25) is 0 Å². The van der Waals surface area contributed by atoms with Gasteiger partial charge in [0.15, 0.2) is 11.5 Å². The maximum absolute atomic E-state index is 10.9. The molecule has 1 aliphatic heterocycles. The molecule has 2 aliphatic rings. The first kappa shape index (κ1) is 16.8. The van der Waals surface area contributed by atoms with Crippen LogP contribution < -0.4 is 5.73 Å². The molecule has 0 aromatic carbocycles. The fraction of sp³-hybridized carbons (Fsp3) is 0.684. The Morgan fingerprint density at radius 2 is 2.04 bits per heavy atom. The molecule has 1 aliphatic carbocycles. The highest BCUT2D eigenvalue weighted by atomic mass is 16.3. The largest absolute Gasteiger partial charge is 0.389 e. The van der Waals surface area contributed by atoms with E-state index in [0.29, 0.717) is 11.7 Å². The summed E-state index contributed by atoms with van der Waals surface area (Å²) in [6.07, 6.45) is 7.80. The van der Waals surface area contributed by atoms with E-state index in [1.165, 1.54) is 6.42 Å². The third-order valence-electron chi connectivity index (χ3n) is 5.96. The van der Waals surface area contributed by atoms with Gasteiger partial charge in [-0.15, -0.1) is 0 Å². The molecule has 4 rings (SSSR count). The first-order valence-electron chi connectivity index (χ1n) is 9.58. The quantitative estimate of drug-likeness (QED) is 0.895. The number of rotatable bonds is 3. The highest BCUT2D eigenvalue weighted by Gasteiger charge is 2.33. The number of aliphatic hydroxyl groups is 1. The van der Waals surface area contributed by atoms with Gasteiger partial charge in [-0.3, -0.25) is 4.90 Å². The van der Waals surface area contributed by atoms with E-state index < -0.39 is 5.60 Å². The van der Waals surface area contributed by atoms with E-state index in [0.717, 1.165) is 74.9 Å². The molecule has 2 fully saturated rings. The number of nitrogens with two attached hydrogens (primary N) is 1. The van der Waals surface area contributed by atoms with Crippen LogP contribution in [0, 0.1) is 0 Å². The maximum Gasteiger partial charge on any atom is 0.159 e. The normalized spacial score (nSPS) is 24.6. The molecule has 1 saturated carbocycles. The number of nitrogens with zero attached hydrogens (tertiary/aromatic N) is 4. The summed E-state index contributed by atoms with van der Waals surface area (Å²) in [6.45, 7) is 2.87. The van der Waals surface area contributed by atoms with E-state index >= 15 is 0 Å². The molecule has 136 valence electrons. The van der Waals surface area contributed by atoms with Crippen LogP contribution in [-0.4, -0.2) is 50.0 Å². The number of pyridine rings is 1. The number of nitrogen functional groups attached to an aromatic ring is 1. The van der Waals surface area contributed by atoms with E-state index in [9.17, 15) is 5.11 Å². The van der Waals surface area contributed by atoms with Crippen molar-refractivity contribution in [3.8, 4) is 0 Å². The Kier molecular flexibility index (Phi) is 4.41. The molecule has 6 nitrogen and oxygen atoms in total. The van der Waals surface area contributed by atoms with Gasteiger partial charge >= 0.3 is 0 Å². The molecular formula is C19H29N5O. The summed E-state index contributed by atoms with van der Waals surface area (Å²) in [6, 6.07) is 4.15. The molecular weight excluding hydrogens is 314 g/mol. The fourth-order valence-corrected chi connectivity index (χ4v) is 4.62. The van der Waals surface area contributed by atoms with Gasteiger partial charge in [-0.2, -0.15) is 5.10 Å². The Balaban J connectivity index is 1.50. The van der Waals surface area contributed by atoms with Gasteiger partial charge in [0.2, 0.25) is 0 Å². The monoisotopic (exact) mass is 343 g/mol. The smallest absolute Gasteiger partial charge is 0.159 e. The summed E-state index contributed by atoms with van der Waals surface area (Å²) >= 11 is 0. The Labute approximate surface area is 149 Å². The van der Waals surface area contributed by atoms with Gasteiger partial charge in [0.1, 0.15) is 0 Å². The minimum Gasteiger partial charge on any atom is -0.389 e. The highest BCUT2D eigenvalue weighted by molar-refractivity contribution is 5.86. The van der Waals surface area contributed by atoms with Crippen LogP contribution in [0.5, 0.6) is 0 Å². The summed E-state index contributed by atoms with van der Waals surface area (Å²) < 4.78 is 1.76. The summed E-state index contributed by atoms with van der Waals surface area (Å²) in [5.41, 5.74) is 7.44. The minimum atomic E-state index is -0.478. The second kappa shape index (κ2) is 6.57. The standard InChI is InChI=1S/C19H29N5O/c1-23-18-15(17(20)22-23)7-8-16(21-18)14-6-5-11-24(12-14)13-19(25)9-3-2-4-10-19/h7-8,14,25H,2-6,9-13H2,1H3,(H2,20,22)/t14-/m1/s1. The molecule has 0 spiro atoms. The molecule has 25 heavy (non-hydrogen) atoms. The molecule has 0 bridgehead atoms. The van der Waals surface area contributed by atoms with Crippen LogP contribution in [0.1, 0.15) is 56.6 Å². The molecule has 0 radical (unpaired) electrons. The number of hydrogen-bond donors (Lipinski definition) is 2. The average molecular weight is 343 g/mol. The van der Waals surface area contributed by atoms with E-state index in [2.05, 4.69) is 16.1 Å². The lowest BCUT2D eigenvalue weighted by atomic mass is 9.83. The molecule has 1 saturated heterocycles. The summed E-state index contributed by atoms with van der Waals surface area (Å²) in [7, 11) is 1.89. The Bertz CT molecular complexity index is 750. The topological polar surface area (TPSA) is 80.2 Å². The molecule has 0 unspecified atom stereocenters. The third-order valence-corrected chi connectivity index (χ3v) is 5.96. The van der Waals surface area contributed by atoms with E-state index in [-0.39, 0.29) is 0 Å². The van der Waals surface area contributed by atoms with Crippen molar-refractivity contribution in [2.24, 2.45) is 7.05 Å². The van der Waals surface area contributed by atoms with Crippen molar-refractivity contribution in [1.82, 2.24) is 19.7 Å². The highest BCUT2D eigenvalue weighted by Crippen LogP contribution is 2.32. The number of β-amino-alcohol motifs (C(OH)–C–C–N with tert-alkyl or cyclic N) is 1. The predicted octanol–water partition coefficient (Wildman–Crippen LogP) is 2.43.